The summed E-state index contributed by atoms with van der Waals surface area (Å²) in [4.78, 5) is 5.75. The van der Waals surface area contributed by atoms with Crippen LogP contribution in [-0.2, 0) is 6.42 Å². The van der Waals surface area contributed by atoms with Crippen LogP contribution in [0.3, 0.4) is 0 Å². The van der Waals surface area contributed by atoms with Gasteiger partial charge in [-0.2, -0.15) is 0 Å². The monoisotopic (exact) mass is 277 g/mol. The molecule has 0 aromatic carbocycles. The molecule has 4 heteroatoms. The van der Waals surface area contributed by atoms with Crippen molar-refractivity contribution in [2.45, 2.75) is 57.4 Å². The maximum Gasteiger partial charge on any atom is 0.193 e. The van der Waals surface area contributed by atoms with Crippen molar-refractivity contribution in [2.75, 3.05) is 0 Å². The summed E-state index contributed by atoms with van der Waals surface area (Å²) in [6.45, 7) is 2.28. The summed E-state index contributed by atoms with van der Waals surface area (Å²) in [5, 5.41) is 2.07. The molecule has 104 valence electrons. The molecule has 0 radical (unpaired) electrons. The Balaban J connectivity index is 1.64. The van der Waals surface area contributed by atoms with Crippen LogP contribution in [0.25, 0.3) is 4.96 Å². The maximum absolute atomic E-state index is 6.59. The molecule has 0 amide bonds. The van der Waals surface area contributed by atoms with Crippen LogP contribution in [-0.4, -0.2) is 14.9 Å². The van der Waals surface area contributed by atoms with Crippen molar-refractivity contribution in [2.24, 2.45) is 11.7 Å². The molecule has 0 aliphatic heterocycles. The van der Waals surface area contributed by atoms with Gasteiger partial charge in [0.25, 0.3) is 0 Å². The van der Waals surface area contributed by atoms with E-state index in [0.29, 0.717) is 0 Å². The second-order valence-electron chi connectivity index (χ2n) is 6.10. The predicted molar refractivity (Wildman–Crippen MR) is 80.6 cm³/mol. The Hall–Kier alpha value is -0.870. The van der Waals surface area contributed by atoms with Crippen molar-refractivity contribution in [3.63, 3.8) is 0 Å². The SMILES string of the molecule is CCCC1CCC(N)(Cc2cn3ccsc3n2)CC1. The second kappa shape index (κ2) is 5.25. The van der Waals surface area contributed by atoms with E-state index >= 15 is 0 Å². The number of aromatic nitrogens is 2. The van der Waals surface area contributed by atoms with E-state index in [9.17, 15) is 0 Å². The topological polar surface area (TPSA) is 43.3 Å². The normalized spacial score (nSPS) is 28.0. The number of rotatable bonds is 4. The Labute approximate surface area is 118 Å². The molecule has 0 bridgehead atoms. The molecule has 19 heavy (non-hydrogen) atoms. The quantitative estimate of drug-likeness (QED) is 0.927. The summed E-state index contributed by atoms with van der Waals surface area (Å²) in [6.07, 6.45) is 12.7. The predicted octanol–water partition coefficient (Wildman–Crippen LogP) is 3.63. The van der Waals surface area contributed by atoms with Crippen LogP contribution in [0.5, 0.6) is 0 Å². The average Bonchev–Trinajstić information content (AvgIpc) is 2.93. The summed E-state index contributed by atoms with van der Waals surface area (Å²) in [5.41, 5.74) is 7.73. The highest BCUT2D eigenvalue weighted by atomic mass is 32.1. The molecule has 2 N–H and O–H groups in total. The van der Waals surface area contributed by atoms with Crippen molar-refractivity contribution < 1.29 is 0 Å². The number of fused-ring (bicyclic) bond motifs is 1. The van der Waals surface area contributed by atoms with Gasteiger partial charge in [0, 0.05) is 29.7 Å². The first-order valence-electron chi connectivity index (χ1n) is 7.38. The van der Waals surface area contributed by atoms with Crippen LogP contribution in [0.15, 0.2) is 17.8 Å². The van der Waals surface area contributed by atoms with Crippen molar-refractivity contribution in [1.29, 1.82) is 0 Å². The van der Waals surface area contributed by atoms with Gasteiger partial charge >= 0.3 is 0 Å². The van der Waals surface area contributed by atoms with E-state index in [1.165, 1.54) is 25.7 Å². The first kappa shape index (κ1) is 13.1. The number of imidazole rings is 1. The summed E-state index contributed by atoms with van der Waals surface area (Å²) >= 11 is 1.69. The van der Waals surface area contributed by atoms with Gasteiger partial charge in [0.2, 0.25) is 0 Å². The summed E-state index contributed by atoms with van der Waals surface area (Å²) < 4.78 is 2.10. The third kappa shape index (κ3) is 2.84. The number of hydrogen-bond acceptors (Lipinski definition) is 3. The lowest BCUT2D eigenvalue weighted by molar-refractivity contribution is 0.222. The molecule has 1 saturated carbocycles. The van der Waals surface area contributed by atoms with Crippen molar-refractivity contribution in [3.05, 3.63) is 23.5 Å². The molecule has 3 nitrogen and oxygen atoms in total. The Kier molecular flexibility index (Phi) is 3.63. The van der Waals surface area contributed by atoms with Crippen LogP contribution in [0, 0.1) is 5.92 Å². The first-order chi connectivity index (χ1) is 9.18. The molecule has 1 aliphatic rings. The van der Waals surface area contributed by atoms with E-state index < -0.39 is 0 Å². The highest BCUT2D eigenvalue weighted by Gasteiger charge is 2.32. The fraction of sp³-hybridized carbons (Fsp3) is 0.667. The lowest BCUT2D eigenvalue weighted by Crippen LogP contribution is -2.45. The molecule has 0 atom stereocenters. The van der Waals surface area contributed by atoms with E-state index in [4.69, 9.17) is 5.73 Å². The Morgan fingerprint density at radius 1 is 1.47 bits per heavy atom. The van der Waals surface area contributed by atoms with Gasteiger partial charge in [0.05, 0.1) is 5.69 Å². The Morgan fingerprint density at radius 2 is 2.26 bits per heavy atom. The van der Waals surface area contributed by atoms with Crippen molar-refractivity contribution >= 4 is 16.3 Å². The van der Waals surface area contributed by atoms with Crippen LogP contribution < -0.4 is 5.73 Å². The fourth-order valence-electron chi connectivity index (χ4n) is 3.35. The Morgan fingerprint density at radius 3 is 2.95 bits per heavy atom. The van der Waals surface area contributed by atoms with Gasteiger partial charge in [0.15, 0.2) is 4.96 Å². The van der Waals surface area contributed by atoms with Gasteiger partial charge in [-0.25, -0.2) is 4.98 Å². The summed E-state index contributed by atoms with van der Waals surface area (Å²) in [6, 6.07) is 0. The summed E-state index contributed by atoms with van der Waals surface area (Å²) in [7, 11) is 0. The highest BCUT2D eigenvalue weighted by Crippen LogP contribution is 2.34. The van der Waals surface area contributed by atoms with E-state index in [-0.39, 0.29) is 5.54 Å². The van der Waals surface area contributed by atoms with Crippen LogP contribution in [0.2, 0.25) is 0 Å². The molecule has 3 rings (SSSR count). The van der Waals surface area contributed by atoms with E-state index in [1.54, 1.807) is 11.3 Å². The fourth-order valence-corrected chi connectivity index (χ4v) is 4.07. The third-order valence-corrected chi connectivity index (χ3v) is 5.24. The highest BCUT2D eigenvalue weighted by molar-refractivity contribution is 7.15. The minimum Gasteiger partial charge on any atom is -0.325 e. The van der Waals surface area contributed by atoms with Gasteiger partial charge in [-0.3, -0.25) is 4.40 Å². The van der Waals surface area contributed by atoms with E-state index in [0.717, 1.165) is 35.8 Å². The molecule has 0 unspecified atom stereocenters. The molecule has 1 aliphatic carbocycles. The number of hydrogen-bond donors (Lipinski definition) is 1. The van der Waals surface area contributed by atoms with E-state index in [1.807, 2.05) is 0 Å². The molecule has 0 spiro atoms. The molecule has 1 fully saturated rings. The molecule has 2 aromatic rings. The summed E-state index contributed by atoms with van der Waals surface area (Å²) in [5.74, 6) is 0.909. The molecule has 2 aromatic heterocycles. The molecular weight excluding hydrogens is 254 g/mol. The number of nitrogens with two attached hydrogens (primary N) is 1. The first-order valence-corrected chi connectivity index (χ1v) is 8.26. The second-order valence-corrected chi connectivity index (χ2v) is 6.97. The largest absolute Gasteiger partial charge is 0.325 e. The number of thiazole rings is 1. The van der Waals surface area contributed by atoms with E-state index in [2.05, 4.69) is 34.1 Å². The minimum atomic E-state index is -0.0196. The zero-order valence-corrected chi connectivity index (χ0v) is 12.5. The van der Waals surface area contributed by atoms with Crippen LogP contribution in [0.1, 0.15) is 51.1 Å². The van der Waals surface area contributed by atoms with Crippen molar-refractivity contribution in [3.8, 4) is 0 Å². The van der Waals surface area contributed by atoms with Gasteiger partial charge in [-0.15, -0.1) is 11.3 Å². The van der Waals surface area contributed by atoms with Gasteiger partial charge in [-0.1, -0.05) is 19.8 Å². The van der Waals surface area contributed by atoms with Crippen LogP contribution in [0.4, 0.5) is 0 Å². The molecule has 0 saturated heterocycles. The number of nitrogens with zero attached hydrogens (tertiary/aromatic N) is 2. The zero-order chi connectivity index (χ0) is 13.3. The van der Waals surface area contributed by atoms with Gasteiger partial charge < -0.3 is 5.73 Å². The lowest BCUT2D eigenvalue weighted by atomic mass is 9.74. The molecule has 2 heterocycles. The molecular formula is C15H23N3S. The lowest BCUT2D eigenvalue weighted by Gasteiger charge is -2.36. The van der Waals surface area contributed by atoms with Crippen LogP contribution >= 0.6 is 11.3 Å². The zero-order valence-electron chi connectivity index (χ0n) is 11.6. The maximum atomic E-state index is 6.59. The van der Waals surface area contributed by atoms with Crippen molar-refractivity contribution in [1.82, 2.24) is 9.38 Å². The smallest absolute Gasteiger partial charge is 0.193 e. The Bertz CT molecular complexity index is 506. The third-order valence-electron chi connectivity index (χ3n) is 4.47. The average molecular weight is 277 g/mol. The minimum absolute atomic E-state index is 0.0196. The van der Waals surface area contributed by atoms with Gasteiger partial charge in [0.1, 0.15) is 0 Å². The van der Waals surface area contributed by atoms with Gasteiger partial charge in [-0.05, 0) is 31.6 Å². The standard InChI is InChI=1S/C15H23N3S/c1-2-3-12-4-6-15(16,7-5-12)10-13-11-18-8-9-19-14(18)17-13/h8-9,11-12H,2-7,10,16H2,1H3.